The van der Waals surface area contributed by atoms with Gasteiger partial charge in [0.2, 0.25) is 5.75 Å². The molecule has 0 aromatic heterocycles. The Hall–Kier alpha value is -1.95. The monoisotopic (exact) mass is 803 g/mol. The maximum Gasteiger partial charge on any atom is 0.338 e. The van der Waals surface area contributed by atoms with Crippen LogP contribution in [0.4, 0.5) is 0 Å². The molecule has 0 fully saturated rings. The number of hydrogen-bond acceptors (Lipinski definition) is 6. The van der Waals surface area contributed by atoms with Gasteiger partial charge in [0, 0.05) is 6.61 Å². The third kappa shape index (κ3) is 32.6. The van der Waals surface area contributed by atoms with E-state index in [4.69, 9.17) is 24.1 Å². The van der Waals surface area contributed by atoms with Crippen molar-refractivity contribution in [1.82, 2.24) is 0 Å². The summed E-state index contributed by atoms with van der Waals surface area (Å²) in [7, 11) is 0. The Morgan fingerprint density at radius 3 is 1.00 bits per heavy atom. The van der Waals surface area contributed by atoms with Crippen molar-refractivity contribution >= 4 is 5.97 Å². The summed E-state index contributed by atoms with van der Waals surface area (Å²) in [4.78, 5) is 13.4. The SMILES string of the molecule is CCCCCCCCCCCCOc1cc(C(=O)OCCCCCCCCO)cc(OCCCCCCCCCCCC)c1OCCCCCCCCCCCC. The van der Waals surface area contributed by atoms with Crippen LogP contribution in [0.25, 0.3) is 0 Å². The topological polar surface area (TPSA) is 74.2 Å². The van der Waals surface area contributed by atoms with Gasteiger partial charge in [-0.25, -0.2) is 4.79 Å². The number of unbranched alkanes of at least 4 members (excludes halogenated alkanes) is 32. The van der Waals surface area contributed by atoms with Gasteiger partial charge < -0.3 is 24.1 Å². The van der Waals surface area contributed by atoms with Gasteiger partial charge >= 0.3 is 5.97 Å². The molecule has 0 amide bonds. The van der Waals surface area contributed by atoms with Gasteiger partial charge in [-0.2, -0.15) is 0 Å². The maximum absolute atomic E-state index is 13.4. The van der Waals surface area contributed by atoms with E-state index in [9.17, 15) is 4.79 Å². The Bertz CT molecular complexity index is 949. The second-order valence-electron chi connectivity index (χ2n) is 16.9. The van der Waals surface area contributed by atoms with Crippen molar-refractivity contribution in [1.29, 1.82) is 0 Å². The fourth-order valence-electron chi connectivity index (χ4n) is 7.53. The Balaban J connectivity index is 2.87. The third-order valence-corrected chi connectivity index (χ3v) is 11.3. The lowest BCUT2D eigenvalue weighted by Gasteiger charge is -2.19. The van der Waals surface area contributed by atoms with Crippen LogP contribution < -0.4 is 14.2 Å². The van der Waals surface area contributed by atoms with Crippen molar-refractivity contribution < 1.29 is 28.8 Å². The van der Waals surface area contributed by atoms with Crippen LogP contribution in [0.15, 0.2) is 12.1 Å². The Labute approximate surface area is 353 Å². The maximum atomic E-state index is 13.4. The summed E-state index contributed by atoms with van der Waals surface area (Å²) in [5, 5.41) is 9.02. The second kappa shape index (κ2) is 42.2. The molecule has 0 atom stereocenters. The minimum absolute atomic E-state index is 0.261. The highest BCUT2D eigenvalue weighted by atomic mass is 16.5. The normalized spacial score (nSPS) is 11.3. The van der Waals surface area contributed by atoms with Gasteiger partial charge in [0.05, 0.1) is 32.0 Å². The van der Waals surface area contributed by atoms with Crippen molar-refractivity contribution in [3.63, 3.8) is 0 Å². The summed E-state index contributed by atoms with van der Waals surface area (Å²) in [5.41, 5.74) is 0.473. The van der Waals surface area contributed by atoms with Crippen LogP contribution in [0.3, 0.4) is 0 Å². The smallest absolute Gasteiger partial charge is 0.338 e. The summed E-state index contributed by atoms with van der Waals surface area (Å²) >= 11 is 0. The standard InChI is InChI=1S/C51H94O6/c1-4-7-10-13-16-19-22-26-31-36-41-54-48-45-47(51(53)57-44-39-34-29-25-30-35-40-52)46-49(55-42-37-32-27-23-20-17-14-11-8-5-2)50(48)56-43-38-33-28-24-21-18-15-12-9-6-3/h45-46,52H,4-44H2,1-3H3. The molecule has 0 radical (unpaired) electrons. The summed E-state index contributed by atoms with van der Waals surface area (Å²) < 4.78 is 25.2. The Morgan fingerprint density at radius 1 is 0.386 bits per heavy atom. The Kier molecular flexibility index (Phi) is 39.3. The molecule has 6 heteroatoms. The molecule has 0 unspecified atom stereocenters. The molecule has 57 heavy (non-hydrogen) atoms. The van der Waals surface area contributed by atoms with Gasteiger partial charge in [-0.15, -0.1) is 0 Å². The molecule has 1 aromatic carbocycles. The molecule has 6 nitrogen and oxygen atoms in total. The van der Waals surface area contributed by atoms with Gasteiger partial charge in [0.15, 0.2) is 11.5 Å². The van der Waals surface area contributed by atoms with E-state index in [0.717, 1.165) is 77.0 Å². The molecule has 0 spiro atoms. The average molecular weight is 803 g/mol. The molecule has 1 aromatic rings. The summed E-state index contributed by atoms with van der Waals surface area (Å²) in [5.74, 6) is 1.53. The molecule has 0 aliphatic carbocycles. The van der Waals surface area contributed by atoms with Crippen molar-refractivity contribution in [2.24, 2.45) is 0 Å². The van der Waals surface area contributed by atoms with Crippen molar-refractivity contribution in [2.75, 3.05) is 33.0 Å². The van der Waals surface area contributed by atoms with Crippen molar-refractivity contribution in [3.8, 4) is 17.2 Å². The van der Waals surface area contributed by atoms with E-state index in [-0.39, 0.29) is 12.6 Å². The first kappa shape index (κ1) is 53.1. The molecular formula is C51H94O6. The van der Waals surface area contributed by atoms with Crippen LogP contribution in [0, 0.1) is 0 Å². The number of aliphatic hydroxyl groups excluding tert-OH is 1. The van der Waals surface area contributed by atoms with Crippen molar-refractivity contribution in [3.05, 3.63) is 17.7 Å². The second-order valence-corrected chi connectivity index (χ2v) is 16.9. The molecule has 0 heterocycles. The van der Waals surface area contributed by atoms with Gasteiger partial charge in [-0.05, 0) is 44.2 Å². The number of esters is 1. The number of ether oxygens (including phenoxy) is 4. The number of carbonyl (C=O) groups excluding carboxylic acids is 1. The summed E-state index contributed by atoms with van der Waals surface area (Å²) in [6.45, 7) is 9.29. The van der Waals surface area contributed by atoms with Crippen LogP contribution in [0.5, 0.6) is 17.2 Å². The molecule has 0 saturated heterocycles. The van der Waals surface area contributed by atoms with E-state index in [0.29, 0.717) is 49.2 Å². The zero-order valence-electron chi connectivity index (χ0n) is 38.1. The van der Waals surface area contributed by atoms with Crippen molar-refractivity contribution in [2.45, 2.75) is 252 Å². The van der Waals surface area contributed by atoms with Crippen LogP contribution in [-0.2, 0) is 4.74 Å². The molecule has 0 saturated carbocycles. The summed E-state index contributed by atoms with van der Waals surface area (Å²) in [6.07, 6.45) is 44.3. The lowest BCUT2D eigenvalue weighted by atomic mass is 10.1. The molecule has 0 aliphatic rings. The first-order valence-electron chi connectivity index (χ1n) is 25.0. The zero-order chi connectivity index (χ0) is 41.1. The van der Waals surface area contributed by atoms with Gasteiger partial charge in [-0.3, -0.25) is 0 Å². The predicted molar refractivity (Wildman–Crippen MR) is 244 cm³/mol. The molecule has 1 rings (SSSR count). The van der Waals surface area contributed by atoms with E-state index >= 15 is 0 Å². The highest BCUT2D eigenvalue weighted by Gasteiger charge is 2.20. The fourth-order valence-corrected chi connectivity index (χ4v) is 7.53. The van der Waals surface area contributed by atoms with E-state index in [2.05, 4.69) is 20.8 Å². The van der Waals surface area contributed by atoms with Gasteiger partial charge in [0.25, 0.3) is 0 Å². The zero-order valence-corrected chi connectivity index (χ0v) is 38.1. The first-order valence-corrected chi connectivity index (χ1v) is 25.0. The van der Waals surface area contributed by atoms with Gasteiger partial charge in [0.1, 0.15) is 0 Å². The third-order valence-electron chi connectivity index (χ3n) is 11.3. The lowest BCUT2D eigenvalue weighted by Crippen LogP contribution is -2.11. The number of carbonyl (C=O) groups is 1. The number of hydrogen-bond donors (Lipinski definition) is 1. The molecule has 1 N–H and O–H groups in total. The quantitative estimate of drug-likeness (QED) is 0.0523. The first-order chi connectivity index (χ1) is 28.2. The Morgan fingerprint density at radius 2 is 0.667 bits per heavy atom. The van der Waals surface area contributed by atoms with E-state index in [1.54, 1.807) is 0 Å². The van der Waals surface area contributed by atoms with Crippen LogP contribution in [0.1, 0.15) is 262 Å². The van der Waals surface area contributed by atoms with E-state index in [1.165, 1.54) is 154 Å². The number of benzene rings is 1. The minimum atomic E-state index is -0.330. The van der Waals surface area contributed by atoms with Crippen LogP contribution >= 0.6 is 0 Å². The molecule has 0 aliphatic heterocycles. The molecule has 0 bridgehead atoms. The summed E-state index contributed by atoms with van der Waals surface area (Å²) in [6, 6.07) is 3.66. The fraction of sp³-hybridized carbons (Fsp3) is 0.863. The highest BCUT2D eigenvalue weighted by molar-refractivity contribution is 5.91. The number of aliphatic hydroxyl groups is 1. The lowest BCUT2D eigenvalue weighted by molar-refractivity contribution is 0.0496. The average Bonchev–Trinajstić information content (AvgIpc) is 3.22. The largest absolute Gasteiger partial charge is 0.490 e. The van der Waals surface area contributed by atoms with Crippen LogP contribution in [-0.4, -0.2) is 44.1 Å². The highest BCUT2D eigenvalue weighted by Crippen LogP contribution is 2.40. The molecule has 334 valence electrons. The van der Waals surface area contributed by atoms with Gasteiger partial charge in [-0.1, -0.05) is 220 Å². The van der Waals surface area contributed by atoms with Crippen LogP contribution in [0.2, 0.25) is 0 Å². The molecular weight excluding hydrogens is 709 g/mol. The van der Waals surface area contributed by atoms with E-state index < -0.39 is 0 Å². The minimum Gasteiger partial charge on any atom is -0.490 e. The number of rotatable bonds is 45. The van der Waals surface area contributed by atoms with E-state index in [1.807, 2.05) is 12.1 Å². The predicted octanol–water partition coefficient (Wildman–Crippen LogP) is 16.1.